The average Bonchev–Trinajstić information content (AvgIpc) is 2.12. The molecule has 0 aromatic heterocycles. The molecule has 0 saturated carbocycles. The van der Waals surface area contributed by atoms with E-state index in [1.165, 1.54) is 0 Å². The van der Waals surface area contributed by atoms with Gasteiger partial charge >= 0.3 is 7.60 Å². The van der Waals surface area contributed by atoms with Crippen LogP contribution >= 0.6 is 7.60 Å². The van der Waals surface area contributed by atoms with Crippen molar-refractivity contribution >= 4 is 7.60 Å². The molecule has 2 N–H and O–H groups in total. The van der Waals surface area contributed by atoms with Crippen LogP contribution < -0.4 is 0 Å². The third kappa shape index (κ3) is 2.48. The number of rotatable bonds is 2. The maximum atomic E-state index is 10.4. The molecule has 4 heteroatoms. The van der Waals surface area contributed by atoms with E-state index in [0.717, 1.165) is 5.57 Å². The maximum Gasteiger partial charge on any atom is 0.329 e. The Morgan fingerprint density at radius 1 is 1.60 bits per heavy atom. The molecule has 0 aliphatic heterocycles. The van der Waals surface area contributed by atoms with Gasteiger partial charge < -0.3 is 9.79 Å². The predicted octanol–water partition coefficient (Wildman–Crippen LogP) is 1.05. The summed E-state index contributed by atoms with van der Waals surface area (Å²) in [5, 5.41) is 0. The van der Waals surface area contributed by atoms with E-state index in [1.54, 1.807) is 6.08 Å². The molecule has 0 amide bonds. The highest BCUT2D eigenvalue weighted by atomic mass is 31.2. The van der Waals surface area contributed by atoms with Crippen LogP contribution in [0.1, 0.15) is 6.42 Å². The van der Waals surface area contributed by atoms with Crippen LogP contribution in [0.3, 0.4) is 0 Å². The Kier molecular flexibility index (Phi) is 2.09. The zero-order chi connectivity index (χ0) is 7.61. The van der Waals surface area contributed by atoms with Gasteiger partial charge in [0.25, 0.3) is 0 Å². The summed E-state index contributed by atoms with van der Waals surface area (Å²) in [7, 11) is -3.82. The number of allylic oxidation sites excluding steroid dienone is 4. The second-order valence-electron chi connectivity index (χ2n) is 2.28. The van der Waals surface area contributed by atoms with Crippen molar-refractivity contribution in [2.75, 3.05) is 6.16 Å². The van der Waals surface area contributed by atoms with Crippen molar-refractivity contribution in [3.05, 3.63) is 23.8 Å². The minimum absolute atomic E-state index is 0.0972. The van der Waals surface area contributed by atoms with Gasteiger partial charge in [0.05, 0.1) is 6.16 Å². The first-order valence-electron chi connectivity index (χ1n) is 2.97. The lowest BCUT2D eigenvalue weighted by atomic mass is 10.3. The van der Waals surface area contributed by atoms with E-state index < -0.39 is 7.60 Å². The van der Waals surface area contributed by atoms with Gasteiger partial charge in [-0.3, -0.25) is 4.57 Å². The molecule has 56 valence electrons. The van der Waals surface area contributed by atoms with Gasteiger partial charge in [-0.05, 0) is 6.42 Å². The van der Waals surface area contributed by atoms with E-state index in [0.29, 0.717) is 6.42 Å². The fraction of sp³-hybridized carbons (Fsp3) is 0.333. The molecule has 1 aliphatic rings. The minimum atomic E-state index is -3.82. The Bertz CT molecular complexity index is 223. The molecule has 0 aromatic rings. The van der Waals surface area contributed by atoms with Gasteiger partial charge in [-0.25, -0.2) is 0 Å². The van der Waals surface area contributed by atoms with Crippen molar-refractivity contribution < 1.29 is 14.4 Å². The van der Waals surface area contributed by atoms with Gasteiger partial charge in [-0.15, -0.1) is 0 Å². The van der Waals surface area contributed by atoms with Crippen molar-refractivity contribution in [3.63, 3.8) is 0 Å². The first-order valence-corrected chi connectivity index (χ1v) is 4.77. The molecule has 0 saturated heterocycles. The summed E-state index contributed by atoms with van der Waals surface area (Å²) >= 11 is 0. The average molecular weight is 160 g/mol. The minimum Gasteiger partial charge on any atom is -0.324 e. The van der Waals surface area contributed by atoms with Gasteiger partial charge in [0.1, 0.15) is 0 Å². The van der Waals surface area contributed by atoms with Gasteiger partial charge in [0.2, 0.25) is 0 Å². The molecule has 1 aliphatic carbocycles. The van der Waals surface area contributed by atoms with Crippen LogP contribution in [0.4, 0.5) is 0 Å². The van der Waals surface area contributed by atoms with Crippen molar-refractivity contribution in [1.82, 2.24) is 0 Å². The lowest BCUT2D eigenvalue weighted by Gasteiger charge is -2.02. The Labute approximate surface area is 59.2 Å². The molecule has 0 heterocycles. The molecule has 1 rings (SSSR count). The van der Waals surface area contributed by atoms with Crippen molar-refractivity contribution in [2.24, 2.45) is 0 Å². The zero-order valence-corrected chi connectivity index (χ0v) is 6.29. The summed E-state index contributed by atoms with van der Waals surface area (Å²) in [5.74, 6) is 0. The highest BCUT2D eigenvalue weighted by molar-refractivity contribution is 7.52. The standard InChI is InChI=1S/C6H9O3P/c7-10(8,9)5-6-3-1-2-4-6/h1-3H,4-5H2,(H2,7,8,9). The van der Waals surface area contributed by atoms with Crippen LogP contribution in [0.25, 0.3) is 0 Å². The first kappa shape index (κ1) is 7.73. The molecule has 0 unspecified atom stereocenters. The fourth-order valence-corrected chi connectivity index (χ4v) is 1.64. The van der Waals surface area contributed by atoms with Crippen LogP contribution in [0.15, 0.2) is 23.8 Å². The molecule has 0 fully saturated rings. The monoisotopic (exact) mass is 160 g/mol. The smallest absolute Gasteiger partial charge is 0.324 e. The molecule has 0 atom stereocenters. The molecule has 0 bridgehead atoms. The molecule has 10 heavy (non-hydrogen) atoms. The van der Waals surface area contributed by atoms with Crippen LogP contribution in [-0.2, 0) is 4.57 Å². The van der Waals surface area contributed by atoms with Gasteiger partial charge in [-0.1, -0.05) is 23.8 Å². The van der Waals surface area contributed by atoms with E-state index >= 15 is 0 Å². The Hall–Kier alpha value is -0.370. The van der Waals surface area contributed by atoms with Crippen molar-refractivity contribution in [1.29, 1.82) is 0 Å². The van der Waals surface area contributed by atoms with Gasteiger partial charge in [0.15, 0.2) is 0 Å². The quantitative estimate of drug-likeness (QED) is 0.593. The molecule has 0 spiro atoms. The molecule has 3 nitrogen and oxygen atoms in total. The van der Waals surface area contributed by atoms with Gasteiger partial charge in [-0.2, -0.15) is 0 Å². The van der Waals surface area contributed by atoms with Crippen LogP contribution in [0, 0.1) is 0 Å². The number of hydrogen-bond acceptors (Lipinski definition) is 1. The van der Waals surface area contributed by atoms with Gasteiger partial charge in [0, 0.05) is 0 Å². The van der Waals surface area contributed by atoms with E-state index in [4.69, 9.17) is 9.79 Å². The highest BCUT2D eigenvalue weighted by Crippen LogP contribution is 2.38. The third-order valence-corrected chi connectivity index (χ3v) is 2.08. The largest absolute Gasteiger partial charge is 0.329 e. The maximum absolute atomic E-state index is 10.4. The molecular formula is C6H9O3P. The van der Waals surface area contributed by atoms with Crippen molar-refractivity contribution in [2.45, 2.75) is 6.42 Å². The second-order valence-corrected chi connectivity index (χ2v) is 3.93. The third-order valence-electron chi connectivity index (χ3n) is 1.26. The Morgan fingerprint density at radius 2 is 2.30 bits per heavy atom. The lowest BCUT2D eigenvalue weighted by molar-refractivity contribution is 0.376. The van der Waals surface area contributed by atoms with Crippen LogP contribution in [0.2, 0.25) is 0 Å². The first-order chi connectivity index (χ1) is 4.58. The summed E-state index contributed by atoms with van der Waals surface area (Å²) in [6.45, 7) is 0. The Morgan fingerprint density at radius 3 is 2.70 bits per heavy atom. The fourth-order valence-electron chi connectivity index (χ4n) is 0.873. The van der Waals surface area contributed by atoms with Crippen molar-refractivity contribution in [3.8, 4) is 0 Å². The summed E-state index contributed by atoms with van der Waals surface area (Å²) in [6, 6.07) is 0. The SMILES string of the molecule is O=P(O)(O)CC1=CC=CC1. The lowest BCUT2D eigenvalue weighted by Crippen LogP contribution is -1.89. The summed E-state index contributed by atoms with van der Waals surface area (Å²) in [4.78, 5) is 17.0. The summed E-state index contributed by atoms with van der Waals surface area (Å²) < 4.78 is 10.4. The molecule has 0 aromatic carbocycles. The van der Waals surface area contributed by atoms with E-state index in [1.807, 2.05) is 12.2 Å². The topological polar surface area (TPSA) is 57.5 Å². The molecule has 0 radical (unpaired) electrons. The highest BCUT2D eigenvalue weighted by Gasteiger charge is 2.15. The summed E-state index contributed by atoms with van der Waals surface area (Å²) in [6.07, 6.45) is 6.03. The van der Waals surface area contributed by atoms with Crippen LogP contribution in [0.5, 0.6) is 0 Å². The number of hydrogen-bond donors (Lipinski definition) is 2. The molecular weight excluding hydrogens is 151 g/mol. The zero-order valence-electron chi connectivity index (χ0n) is 5.40. The summed E-state index contributed by atoms with van der Waals surface area (Å²) in [5.41, 5.74) is 0.813. The van der Waals surface area contributed by atoms with E-state index in [9.17, 15) is 4.57 Å². The second kappa shape index (κ2) is 2.70. The normalized spacial score (nSPS) is 17.6. The predicted molar refractivity (Wildman–Crippen MR) is 38.8 cm³/mol. The van der Waals surface area contributed by atoms with E-state index in [2.05, 4.69) is 0 Å². The van der Waals surface area contributed by atoms with E-state index in [-0.39, 0.29) is 6.16 Å². The Balaban J connectivity index is 2.49. The van der Waals surface area contributed by atoms with Crippen LogP contribution in [-0.4, -0.2) is 15.9 Å².